The summed E-state index contributed by atoms with van der Waals surface area (Å²) >= 11 is 3.32. The molecule has 0 spiro atoms. The molecule has 78 valence electrons. The predicted molar refractivity (Wildman–Crippen MR) is 58.5 cm³/mol. The molecule has 1 aromatic heterocycles. The van der Waals surface area contributed by atoms with Gasteiger partial charge in [0.15, 0.2) is 0 Å². The van der Waals surface area contributed by atoms with Gasteiger partial charge in [0.2, 0.25) is 0 Å². The first kappa shape index (κ1) is 11.3. The fourth-order valence-corrected chi connectivity index (χ4v) is 1.36. The van der Waals surface area contributed by atoms with Crippen LogP contribution in [0.25, 0.3) is 0 Å². The minimum absolute atomic E-state index is 0.363. The number of halogens is 1. The summed E-state index contributed by atoms with van der Waals surface area (Å²) in [6, 6.07) is 1.86. The molecular weight excluding hydrogens is 246 g/mol. The molecule has 1 aromatic rings. The van der Waals surface area contributed by atoms with Crippen LogP contribution in [0.1, 0.15) is 26.3 Å². The fraction of sp³-hybridized carbons (Fsp3) is 0.500. The fourth-order valence-electron chi connectivity index (χ4n) is 0.963. The molecule has 0 amide bonds. The summed E-state index contributed by atoms with van der Waals surface area (Å²) in [5, 5.41) is 0. The minimum atomic E-state index is -0.464. The molecule has 0 unspecified atom stereocenters. The molecule has 0 aliphatic carbocycles. The highest BCUT2D eigenvalue weighted by Gasteiger charge is 2.19. The number of hydrogen-bond acceptors (Lipinski definition) is 2. The molecule has 3 nitrogen and oxygen atoms in total. The number of aryl methyl sites for hydroxylation is 1. The van der Waals surface area contributed by atoms with E-state index in [2.05, 4.69) is 15.9 Å². The Hall–Kier alpha value is -0.770. The van der Waals surface area contributed by atoms with E-state index in [1.165, 1.54) is 4.57 Å². The maximum Gasteiger partial charge on any atom is 0.419 e. The monoisotopic (exact) mass is 259 g/mol. The standard InChI is InChI=1S/C10H14BrNO2/c1-7-5-6-12(8(7)11)9(13)14-10(2,3)4/h5-6H,1-4H3. The zero-order valence-corrected chi connectivity index (χ0v) is 10.4. The molecule has 0 aromatic carbocycles. The van der Waals surface area contributed by atoms with E-state index in [4.69, 9.17) is 4.74 Å². The molecule has 0 aliphatic rings. The molecule has 0 N–H and O–H groups in total. The van der Waals surface area contributed by atoms with Crippen molar-refractivity contribution in [2.75, 3.05) is 0 Å². The highest BCUT2D eigenvalue weighted by atomic mass is 79.9. The Morgan fingerprint density at radius 2 is 2.07 bits per heavy atom. The molecule has 4 heteroatoms. The van der Waals surface area contributed by atoms with Gasteiger partial charge in [0.25, 0.3) is 0 Å². The Morgan fingerprint density at radius 3 is 2.43 bits per heavy atom. The molecule has 1 heterocycles. The molecule has 14 heavy (non-hydrogen) atoms. The summed E-state index contributed by atoms with van der Waals surface area (Å²) in [6.45, 7) is 7.45. The summed E-state index contributed by atoms with van der Waals surface area (Å²) in [4.78, 5) is 11.6. The van der Waals surface area contributed by atoms with E-state index in [1.807, 2.05) is 33.8 Å². The topological polar surface area (TPSA) is 31.2 Å². The van der Waals surface area contributed by atoms with Crippen LogP contribution in [0.2, 0.25) is 0 Å². The lowest BCUT2D eigenvalue weighted by atomic mass is 10.2. The summed E-state index contributed by atoms with van der Waals surface area (Å²) < 4.78 is 7.40. The summed E-state index contributed by atoms with van der Waals surface area (Å²) in [6.07, 6.45) is 1.32. The van der Waals surface area contributed by atoms with Crippen molar-refractivity contribution in [3.05, 3.63) is 22.4 Å². The zero-order chi connectivity index (χ0) is 10.9. The van der Waals surface area contributed by atoms with Crippen LogP contribution in [0.4, 0.5) is 4.79 Å². The van der Waals surface area contributed by atoms with Gasteiger partial charge in [-0.15, -0.1) is 0 Å². The number of rotatable bonds is 0. The maximum atomic E-state index is 11.6. The van der Waals surface area contributed by atoms with Crippen molar-refractivity contribution in [2.45, 2.75) is 33.3 Å². The Balaban J connectivity index is 2.86. The number of hydrogen-bond donors (Lipinski definition) is 0. The molecule has 0 saturated heterocycles. The van der Waals surface area contributed by atoms with Crippen LogP contribution in [0.15, 0.2) is 16.9 Å². The Labute approximate surface area is 92.2 Å². The van der Waals surface area contributed by atoms with Gasteiger partial charge in [-0.2, -0.15) is 0 Å². The van der Waals surface area contributed by atoms with E-state index in [9.17, 15) is 4.79 Å². The second kappa shape index (κ2) is 3.77. The van der Waals surface area contributed by atoms with E-state index in [1.54, 1.807) is 6.20 Å². The van der Waals surface area contributed by atoms with Gasteiger partial charge >= 0.3 is 6.09 Å². The lowest BCUT2D eigenvalue weighted by molar-refractivity contribution is 0.0533. The molecule has 1 rings (SSSR count). The molecule has 0 atom stereocenters. The van der Waals surface area contributed by atoms with Crippen LogP contribution in [0, 0.1) is 6.92 Å². The van der Waals surface area contributed by atoms with E-state index < -0.39 is 5.60 Å². The van der Waals surface area contributed by atoms with Gasteiger partial charge in [-0.05, 0) is 55.3 Å². The van der Waals surface area contributed by atoms with Crippen LogP contribution in [0.5, 0.6) is 0 Å². The van der Waals surface area contributed by atoms with Crippen molar-refractivity contribution in [2.24, 2.45) is 0 Å². The van der Waals surface area contributed by atoms with Crippen molar-refractivity contribution >= 4 is 22.0 Å². The van der Waals surface area contributed by atoms with E-state index >= 15 is 0 Å². The van der Waals surface area contributed by atoms with Crippen LogP contribution in [0.3, 0.4) is 0 Å². The third-order valence-electron chi connectivity index (χ3n) is 1.60. The minimum Gasteiger partial charge on any atom is -0.443 e. The number of carbonyl (C=O) groups is 1. The van der Waals surface area contributed by atoms with Gasteiger partial charge in [0.05, 0.1) is 4.60 Å². The lowest BCUT2D eigenvalue weighted by Crippen LogP contribution is -2.26. The van der Waals surface area contributed by atoms with E-state index in [0.29, 0.717) is 0 Å². The number of ether oxygens (including phenoxy) is 1. The van der Waals surface area contributed by atoms with Gasteiger partial charge in [-0.3, -0.25) is 0 Å². The molecule has 0 saturated carbocycles. The summed E-state index contributed by atoms with van der Waals surface area (Å²) in [5.74, 6) is 0. The van der Waals surface area contributed by atoms with Gasteiger partial charge in [0, 0.05) is 6.20 Å². The summed E-state index contributed by atoms with van der Waals surface area (Å²) in [5.41, 5.74) is 0.546. The van der Waals surface area contributed by atoms with Gasteiger partial charge < -0.3 is 4.74 Å². The van der Waals surface area contributed by atoms with E-state index in [0.717, 1.165) is 10.2 Å². The molecular formula is C10H14BrNO2. The normalized spacial score (nSPS) is 11.5. The van der Waals surface area contributed by atoms with Crippen molar-refractivity contribution in [1.82, 2.24) is 4.57 Å². The number of nitrogens with zero attached hydrogens (tertiary/aromatic N) is 1. The van der Waals surface area contributed by atoms with Crippen LogP contribution >= 0.6 is 15.9 Å². The first-order chi connectivity index (χ1) is 6.31. The second-order valence-electron chi connectivity index (χ2n) is 4.14. The lowest BCUT2D eigenvalue weighted by Gasteiger charge is -2.19. The molecule has 0 bridgehead atoms. The average molecular weight is 260 g/mol. The SMILES string of the molecule is Cc1ccn(C(=O)OC(C)(C)C)c1Br. The first-order valence-corrected chi connectivity index (χ1v) is 5.17. The third-order valence-corrected chi connectivity index (χ3v) is 2.61. The second-order valence-corrected chi connectivity index (χ2v) is 4.89. The van der Waals surface area contributed by atoms with Crippen molar-refractivity contribution in [3.63, 3.8) is 0 Å². The quantitative estimate of drug-likeness (QED) is 0.716. The average Bonchev–Trinajstić information content (AvgIpc) is 2.29. The number of carbonyl (C=O) groups excluding carboxylic acids is 1. The highest BCUT2D eigenvalue weighted by molar-refractivity contribution is 9.10. The first-order valence-electron chi connectivity index (χ1n) is 4.38. The third kappa shape index (κ3) is 2.61. The van der Waals surface area contributed by atoms with Gasteiger partial charge in [-0.25, -0.2) is 9.36 Å². The van der Waals surface area contributed by atoms with Gasteiger partial charge in [-0.1, -0.05) is 0 Å². The van der Waals surface area contributed by atoms with Crippen LogP contribution in [-0.2, 0) is 4.74 Å². The van der Waals surface area contributed by atoms with Crippen LogP contribution in [-0.4, -0.2) is 16.3 Å². The molecule has 0 fully saturated rings. The van der Waals surface area contributed by atoms with Crippen molar-refractivity contribution in [1.29, 1.82) is 0 Å². The molecule has 0 aliphatic heterocycles. The van der Waals surface area contributed by atoms with Crippen LogP contribution < -0.4 is 0 Å². The number of aromatic nitrogens is 1. The van der Waals surface area contributed by atoms with Gasteiger partial charge in [0.1, 0.15) is 5.60 Å². The zero-order valence-electron chi connectivity index (χ0n) is 8.80. The Kier molecular flexibility index (Phi) is 3.04. The predicted octanol–water partition coefficient (Wildman–Crippen LogP) is 3.34. The van der Waals surface area contributed by atoms with E-state index in [-0.39, 0.29) is 6.09 Å². The Bertz CT molecular complexity index is 349. The molecule has 0 radical (unpaired) electrons. The van der Waals surface area contributed by atoms with Crippen molar-refractivity contribution < 1.29 is 9.53 Å². The Morgan fingerprint density at radius 1 is 1.50 bits per heavy atom. The van der Waals surface area contributed by atoms with Crippen molar-refractivity contribution in [3.8, 4) is 0 Å². The smallest absolute Gasteiger partial charge is 0.419 e. The summed E-state index contributed by atoms with van der Waals surface area (Å²) in [7, 11) is 0. The largest absolute Gasteiger partial charge is 0.443 e. The highest BCUT2D eigenvalue weighted by Crippen LogP contribution is 2.19. The maximum absolute atomic E-state index is 11.6.